The third-order valence-electron chi connectivity index (χ3n) is 1.92. The number of non-ortho nitro benzene ring substituents is 1. The van der Waals surface area contributed by atoms with Crippen LogP contribution in [-0.4, -0.2) is 11.1 Å². The van der Waals surface area contributed by atoms with E-state index in [1.54, 1.807) is 0 Å². The summed E-state index contributed by atoms with van der Waals surface area (Å²) >= 11 is 0. The largest absolute Gasteiger partial charge is 0.310 e. The molecule has 1 aliphatic heterocycles. The third kappa shape index (κ3) is 1.15. The molecular formula is C8H4F2N2O2. The van der Waals surface area contributed by atoms with Gasteiger partial charge >= 0.3 is 5.92 Å². The minimum atomic E-state index is -3.19. The van der Waals surface area contributed by atoms with Gasteiger partial charge < -0.3 is 0 Å². The Morgan fingerprint density at radius 3 is 2.79 bits per heavy atom. The molecule has 4 nitrogen and oxygen atoms in total. The maximum absolute atomic E-state index is 13.0. The average molecular weight is 198 g/mol. The Morgan fingerprint density at radius 1 is 1.43 bits per heavy atom. The summed E-state index contributed by atoms with van der Waals surface area (Å²) in [6.45, 7) is 0. The van der Waals surface area contributed by atoms with Crippen LogP contribution >= 0.6 is 0 Å². The molecule has 0 atom stereocenters. The summed E-state index contributed by atoms with van der Waals surface area (Å²) in [7, 11) is 0. The van der Waals surface area contributed by atoms with E-state index in [1.165, 1.54) is 6.07 Å². The van der Waals surface area contributed by atoms with Crippen molar-refractivity contribution in [2.75, 3.05) is 0 Å². The number of aliphatic imine (C=N–C) groups is 1. The minimum absolute atomic E-state index is 0.0839. The van der Waals surface area contributed by atoms with Gasteiger partial charge in [0, 0.05) is 12.1 Å². The topological polar surface area (TPSA) is 55.5 Å². The first-order valence-electron chi connectivity index (χ1n) is 3.73. The first-order valence-corrected chi connectivity index (χ1v) is 3.73. The van der Waals surface area contributed by atoms with Gasteiger partial charge in [-0.3, -0.25) is 15.1 Å². The number of nitro groups is 1. The number of benzene rings is 1. The predicted octanol–water partition coefficient (Wildman–Crippen LogP) is 2.40. The molecule has 0 saturated carbocycles. The number of halogens is 2. The molecule has 72 valence electrons. The van der Waals surface area contributed by atoms with Crippen LogP contribution in [0.4, 0.5) is 20.2 Å². The van der Waals surface area contributed by atoms with Gasteiger partial charge in [-0.25, -0.2) is 0 Å². The highest BCUT2D eigenvalue weighted by Gasteiger charge is 2.37. The van der Waals surface area contributed by atoms with E-state index >= 15 is 0 Å². The number of hydrogen-bond acceptors (Lipinski definition) is 3. The van der Waals surface area contributed by atoms with Crippen molar-refractivity contribution in [2.24, 2.45) is 4.99 Å². The lowest BCUT2D eigenvalue weighted by molar-refractivity contribution is -0.385. The van der Waals surface area contributed by atoms with Crippen molar-refractivity contribution in [3.05, 3.63) is 33.9 Å². The third-order valence-corrected chi connectivity index (χ3v) is 1.92. The Balaban J connectivity index is 2.57. The monoisotopic (exact) mass is 198 g/mol. The van der Waals surface area contributed by atoms with Crippen LogP contribution in [0.3, 0.4) is 0 Å². The van der Waals surface area contributed by atoms with E-state index in [1.807, 2.05) is 0 Å². The van der Waals surface area contributed by atoms with Crippen molar-refractivity contribution in [1.29, 1.82) is 0 Å². The maximum atomic E-state index is 13.0. The van der Waals surface area contributed by atoms with Crippen molar-refractivity contribution in [1.82, 2.24) is 0 Å². The minimum Gasteiger partial charge on any atom is -0.258 e. The molecule has 0 amide bonds. The van der Waals surface area contributed by atoms with Gasteiger partial charge in [0.15, 0.2) is 0 Å². The number of nitro benzene ring substituents is 1. The first kappa shape index (κ1) is 8.74. The molecular weight excluding hydrogens is 194 g/mol. The smallest absolute Gasteiger partial charge is 0.258 e. The summed E-state index contributed by atoms with van der Waals surface area (Å²) in [6.07, 6.45) is 0.487. The second kappa shape index (κ2) is 2.57. The number of alkyl halides is 2. The van der Waals surface area contributed by atoms with E-state index in [2.05, 4.69) is 4.99 Å². The summed E-state index contributed by atoms with van der Waals surface area (Å²) < 4.78 is 26.0. The molecule has 1 aromatic carbocycles. The normalized spacial score (nSPS) is 16.7. The number of fused-ring (bicyclic) bond motifs is 1. The van der Waals surface area contributed by atoms with E-state index in [-0.39, 0.29) is 11.4 Å². The fraction of sp³-hybridized carbons (Fsp3) is 0.125. The Morgan fingerprint density at radius 2 is 2.14 bits per heavy atom. The van der Waals surface area contributed by atoms with Gasteiger partial charge in [-0.05, 0) is 6.07 Å². The second-order valence-corrected chi connectivity index (χ2v) is 2.84. The molecule has 0 bridgehead atoms. The summed E-state index contributed by atoms with van der Waals surface area (Å²) in [4.78, 5) is 13.1. The quantitative estimate of drug-likeness (QED) is 0.513. The molecule has 1 aromatic rings. The van der Waals surface area contributed by atoms with Gasteiger partial charge in [0.05, 0.1) is 22.4 Å². The molecule has 0 radical (unpaired) electrons. The molecule has 2 rings (SSSR count). The highest BCUT2D eigenvalue weighted by atomic mass is 19.3. The van der Waals surface area contributed by atoms with E-state index in [4.69, 9.17) is 0 Å². The SMILES string of the molecule is O=[N+]([O-])c1ccc2c(c1)C(F)(F)C=N2. The highest BCUT2D eigenvalue weighted by molar-refractivity contribution is 5.82. The lowest BCUT2D eigenvalue weighted by Crippen LogP contribution is -2.10. The molecule has 1 heterocycles. The van der Waals surface area contributed by atoms with Crippen LogP contribution < -0.4 is 0 Å². The van der Waals surface area contributed by atoms with Crippen LogP contribution in [0, 0.1) is 10.1 Å². The zero-order valence-electron chi connectivity index (χ0n) is 6.78. The lowest BCUT2D eigenvalue weighted by atomic mass is 10.1. The fourth-order valence-electron chi connectivity index (χ4n) is 1.24. The van der Waals surface area contributed by atoms with Crippen LogP contribution in [0.5, 0.6) is 0 Å². The fourth-order valence-corrected chi connectivity index (χ4v) is 1.24. The molecule has 0 spiro atoms. The molecule has 0 aliphatic carbocycles. The average Bonchev–Trinajstić information content (AvgIpc) is 2.42. The van der Waals surface area contributed by atoms with E-state index in [0.29, 0.717) is 6.21 Å². The standard InChI is InChI=1S/C8H4F2N2O2/c9-8(10)4-11-7-2-1-5(12(13)14)3-6(7)8/h1-4H. The zero-order chi connectivity index (χ0) is 10.3. The van der Waals surface area contributed by atoms with Gasteiger partial charge in [-0.15, -0.1) is 0 Å². The van der Waals surface area contributed by atoms with Crippen molar-refractivity contribution >= 4 is 17.6 Å². The lowest BCUT2D eigenvalue weighted by Gasteiger charge is -2.05. The molecule has 0 N–H and O–H groups in total. The summed E-state index contributed by atoms with van der Waals surface area (Å²) in [5.41, 5.74) is -0.679. The summed E-state index contributed by atoms with van der Waals surface area (Å²) in [5.74, 6) is -3.19. The van der Waals surface area contributed by atoms with E-state index in [0.717, 1.165) is 12.1 Å². The van der Waals surface area contributed by atoms with Gasteiger partial charge in [-0.1, -0.05) is 0 Å². The van der Waals surface area contributed by atoms with Gasteiger partial charge in [0.2, 0.25) is 0 Å². The van der Waals surface area contributed by atoms with E-state index < -0.39 is 16.4 Å². The Hall–Kier alpha value is -1.85. The summed E-state index contributed by atoms with van der Waals surface area (Å²) in [5, 5.41) is 10.3. The van der Waals surface area contributed by atoms with Gasteiger partial charge in [0.25, 0.3) is 5.69 Å². The number of hydrogen-bond donors (Lipinski definition) is 0. The van der Waals surface area contributed by atoms with Crippen molar-refractivity contribution in [3.8, 4) is 0 Å². The van der Waals surface area contributed by atoms with Gasteiger partial charge in [0.1, 0.15) is 0 Å². The molecule has 6 heteroatoms. The van der Waals surface area contributed by atoms with Gasteiger partial charge in [-0.2, -0.15) is 8.78 Å². The second-order valence-electron chi connectivity index (χ2n) is 2.84. The molecule has 0 aromatic heterocycles. The zero-order valence-corrected chi connectivity index (χ0v) is 6.78. The Kier molecular flexibility index (Phi) is 1.60. The van der Waals surface area contributed by atoms with Crippen LogP contribution in [0.15, 0.2) is 23.2 Å². The molecule has 0 unspecified atom stereocenters. The van der Waals surface area contributed by atoms with E-state index in [9.17, 15) is 18.9 Å². The van der Waals surface area contributed by atoms with Crippen molar-refractivity contribution < 1.29 is 13.7 Å². The Labute approximate surface area is 77.0 Å². The highest BCUT2D eigenvalue weighted by Crippen LogP contribution is 2.40. The van der Waals surface area contributed by atoms with Crippen molar-refractivity contribution in [2.45, 2.75) is 5.92 Å². The molecule has 1 aliphatic rings. The van der Waals surface area contributed by atoms with Crippen LogP contribution in [-0.2, 0) is 5.92 Å². The molecule has 0 saturated heterocycles. The van der Waals surface area contributed by atoms with Crippen LogP contribution in [0.25, 0.3) is 0 Å². The Bertz CT molecular complexity index is 443. The predicted molar refractivity (Wildman–Crippen MR) is 45.1 cm³/mol. The van der Waals surface area contributed by atoms with Crippen LogP contribution in [0.1, 0.15) is 5.56 Å². The molecule has 0 fully saturated rings. The molecule has 14 heavy (non-hydrogen) atoms. The van der Waals surface area contributed by atoms with Crippen LogP contribution in [0.2, 0.25) is 0 Å². The summed E-state index contributed by atoms with van der Waals surface area (Å²) in [6, 6.07) is 3.21. The van der Waals surface area contributed by atoms with Crippen molar-refractivity contribution in [3.63, 3.8) is 0 Å². The maximum Gasteiger partial charge on any atom is 0.310 e. The first-order chi connectivity index (χ1) is 6.50. The number of nitrogens with zero attached hydrogens (tertiary/aromatic N) is 2. The number of rotatable bonds is 1.